The maximum Gasteiger partial charge on any atom is 0.421 e. The van der Waals surface area contributed by atoms with Gasteiger partial charge in [0.25, 0.3) is 0 Å². The largest absolute Gasteiger partial charge is 0.492 e. The van der Waals surface area contributed by atoms with Crippen LogP contribution in [0.4, 0.5) is 18.9 Å². The van der Waals surface area contributed by atoms with Crippen molar-refractivity contribution in [2.45, 2.75) is 11.6 Å². The van der Waals surface area contributed by atoms with Crippen molar-refractivity contribution in [3.8, 4) is 28.9 Å². The van der Waals surface area contributed by atoms with E-state index >= 15 is 0 Å². The first-order valence-electron chi connectivity index (χ1n) is 10.5. The topological polar surface area (TPSA) is 53.1 Å². The maximum atomic E-state index is 13.6. The number of alkyl halides is 3. The van der Waals surface area contributed by atoms with E-state index in [4.69, 9.17) is 18.9 Å². The number of pyridine rings is 1. The molecule has 1 atom stereocenters. The van der Waals surface area contributed by atoms with Gasteiger partial charge < -0.3 is 23.8 Å². The van der Waals surface area contributed by atoms with Gasteiger partial charge in [0.15, 0.2) is 11.5 Å². The Morgan fingerprint density at radius 3 is 2.58 bits per heavy atom. The van der Waals surface area contributed by atoms with Crippen molar-refractivity contribution in [1.29, 1.82) is 0 Å². The van der Waals surface area contributed by atoms with E-state index in [2.05, 4.69) is 9.88 Å². The number of anilines is 1. The van der Waals surface area contributed by atoms with Crippen molar-refractivity contribution in [2.24, 2.45) is 0 Å². The van der Waals surface area contributed by atoms with Crippen LogP contribution in [-0.4, -0.2) is 38.4 Å². The Bertz CT molecular complexity index is 1260. The molecular formula is C24H19F3N2O4. The Morgan fingerprint density at radius 2 is 1.79 bits per heavy atom. The molecule has 0 amide bonds. The quantitative estimate of drug-likeness (QED) is 0.553. The van der Waals surface area contributed by atoms with E-state index in [9.17, 15) is 13.2 Å². The standard InChI is InChI=1S/C24H19F3N2O4/c1-29-12-23(13-32-18-11-20-19(10-15(18)23)30-8-9-31-20)21-16(29)5-2-6-17(21)33-22-14(24(25,26)27)4-3-7-28-22/h2-7,10-11H,8-9,12-13H2,1H3. The third-order valence-electron chi connectivity index (χ3n) is 6.32. The molecule has 0 bridgehead atoms. The minimum Gasteiger partial charge on any atom is -0.492 e. The molecule has 3 aliphatic heterocycles. The number of benzene rings is 2. The van der Waals surface area contributed by atoms with E-state index < -0.39 is 23.0 Å². The number of hydrogen-bond acceptors (Lipinski definition) is 6. The van der Waals surface area contributed by atoms with Crippen molar-refractivity contribution >= 4 is 5.69 Å². The predicted octanol–water partition coefficient (Wildman–Crippen LogP) is 4.79. The molecule has 3 aliphatic rings. The van der Waals surface area contributed by atoms with Crippen LogP contribution in [0.25, 0.3) is 0 Å². The number of ether oxygens (including phenoxy) is 4. The van der Waals surface area contributed by atoms with Gasteiger partial charge in [-0.1, -0.05) is 6.07 Å². The molecule has 0 N–H and O–H groups in total. The van der Waals surface area contributed by atoms with Crippen LogP contribution < -0.4 is 23.8 Å². The van der Waals surface area contributed by atoms with Crippen molar-refractivity contribution in [3.63, 3.8) is 0 Å². The van der Waals surface area contributed by atoms with Crippen LogP contribution >= 0.6 is 0 Å². The number of likely N-dealkylation sites (N-methyl/N-ethyl adjacent to an activating group) is 1. The molecule has 9 heteroatoms. The second kappa shape index (κ2) is 6.94. The zero-order valence-electron chi connectivity index (χ0n) is 17.6. The highest BCUT2D eigenvalue weighted by Gasteiger charge is 2.52. The number of rotatable bonds is 2. The Balaban J connectivity index is 1.50. The highest BCUT2D eigenvalue weighted by molar-refractivity contribution is 5.74. The van der Waals surface area contributed by atoms with E-state index in [1.165, 1.54) is 12.3 Å². The van der Waals surface area contributed by atoms with Crippen LogP contribution in [0.1, 0.15) is 16.7 Å². The number of aromatic nitrogens is 1. The number of nitrogens with zero attached hydrogens (tertiary/aromatic N) is 2. The minimum atomic E-state index is -4.59. The van der Waals surface area contributed by atoms with E-state index in [1.807, 2.05) is 25.2 Å². The molecule has 0 radical (unpaired) electrons. The third-order valence-corrected chi connectivity index (χ3v) is 6.32. The van der Waals surface area contributed by atoms with Gasteiger partial charge in [-0.25, -0.2) is 4.98 Å². The lowest BCUT2D eigenvalue weighted by Gasteiger charge is -2.26. The summed E-state index contributed by atoms with van der Waals surface area (Å²) in [6.07, 6.45) is -3.30. The summed E-state index contributed by atoms with van der Waals surface area (Å²) in [5, 5.41) is 0. The van der Waals surface area contributed by atoms with E-state index in [0.717, 1.165) is 22.9 Å². The van der Waals surface area contributed by atoms with Gasteiger partial charge in [0.05, 0.1) is 5.41 Å². The fraction of sp³-hybridized carbons (Fsp3) is 0.292. The summed E-state index contributed by atoms with van der Waals surface area (Å²) >= 11 is 0. The zero-order chi connectivity index (χ0) is 22.8. The lowest BCUT2D eigenvalue weighted by atomic mass is 9.77. The Labute approximate surface area is 187 Å². The summed E-state index contributed by atoms with van der Waals surface area (Å²) in [7, 11) is 1.94. The first kappa shape index (κ1) is 20.0. The van der Waals surface area contributed by atoms with Gasteiger partial charge in [-0.05, 0) is 30.3 Å². The molecule has 0 aliphatic carbocycles. The van der Waals surface area contributed by atoms with Crippen LogP contribution in [0.2, 0.25) is 0 Å². The van der Waals surface area contributed by atoms with Gasteiger partial charge in [-0.15, -0.1) is 0 Å². The lowest BCUT2D eigenvalue weighted by molar-refractivity contribution is -0.138. The van der Waals surface area contributed by atoms with E-state index in [1.54, 1.807) is 12.1 Å². The van der Waals surface area contributed by atoms with Crippen LogP contribution in [-0.2, 0) is 11.6 Å². The summed E-state index contributed by atoms with van der Waals surface area (Å²) in [5.74, 6) is 1.75. The molecule has 6 nitrogen and oxygen atoms in total. The molecule has 2 aromatic carbocycles. The summed E-state index contributed by atoms with van der Waals surface area (Å²) in [5.41, 5.74) is 0.958. The van der Waals surface area contributed by atoms with Crippen LogP contribution in [0.5, 0.6) is 28.9 Å². The van der Waals surface area contributed by atoms with Crippen LogP contribution in [0, 0.1) is 0 Å². The molecule has 0 saturated carbocycles. The maximum absolute atomic E-state index is 13.6. The van der Waals surface area contributed by atoms with E-state index in [0.29, 0.717) is 49.4 Å². The average molecular weight is 456 g/mol. The number of fused-ring (bicyclic) bond motifs is 5. The Morgan fingerprint density at radius 1 is 1.00 bits per heavy atom. The smallest absolute Gasteiger partial charge is 0.421 e. The lowest BCUT2D eigenvalue weighted by Crippen LogP contribution is -2.35. The molecular weight excluding hydrogens is 437 g/mol. The molecule has 6 rings (SSSR count). The van der Waals surface area contributed by atoms with Gasteiger partial charge in [-0.2, -0.15) is 13.2 Å². The van der Waals surface area contributed by atoms with E-state index in [-0.39, 0.29) is 0 Å². The molecule has 1 unspecified atom stereocenters. The highest BCUT2D eigenvalue weighted by atomic mass is 19.4. The average Bonchev–Trinajstić information content (AvgIpc) is 3.30. The fourth-order valence-electron chi connectivity index (χ4n) is 4.94. The third kappa shape index (κ3) is 2.98. The summed E-state index contributed by atoms with van der Waals surface area (Å²) in [6, 6.07) is 11.3. The summed E-state index contributed by atoms with van der Waals surface area (Å²) in [4.78, 5) is 5.93. The molecule has 3 aromatic rings. The van der Waals surface area contributed by atoms with Gasteiger partial charge in [0.1, 0.15) is 36.9 Å². The zero-order valence-corrected chi connectivity index (χ0v) is 17.6. The number of hydrogen-bond donors (Lipinski definition) is 0. The summed E-state index contributed by atoms with van der Waals surface area (Å²) < 4.78 is 64.1. The summed E-state index contributed by atoms with van der Waals surface area (Å²) in [6.45, 7) is 1.80. The van der Waals surface area contributed by atoms with Gasteiger partial charge >= 0.3 is 6.18 Å². The van der Waals surface area contributed by atoms with Crippen molar-refractivity contribution in [3.05, 3.63) is 65.4 Å². The SMILES string of the molecule is CN1CC2(COc3cc4c(cc32)OCCO4)c2c(Oc3ncccc3C(F)(F)F)cccc21. The highest BCUT2D eigenvalue weighted by Crippen LogP contribution is 2.56. The monoisotopic (exact) mass is 456 g/mol. The predicted molar refractivity (Wildman–Crippen MR) is 113 cm³/mol. The van der Waals surface area contributed by atoms with Crippen LogP contribution in [0.3, 0.4) is 0 Å². The Hall–Kier alpha value is -3.62. The van der Waals surface area contributed by atoms with Gasteiger partial charge in [0, 0.05) is 42.7 Å². The molecule has 1 spiro atoms. The Kier molecular flexibility index (Phi) is 4.21. The molecule has 33 heavy (non-hydrogen) atoms. The van der Waals surface area contributed by atoms with Crippen molar-refractivity contribution in [2.75, 3.05) is 38.3 Å². The molecule has 1 aromatic heterocycles. The first-order chi connectivity index (χ1) is 15.9. The molecule has 170 valence electrons. The van der Waals surface area contributed by atoms with Crippen molar-refractivity contribution < 1.29 is 32.1 Å². The molecule has 0 saturated heterocycles. The van der Waals surface area contributed by atoms with Crippen LogP contribution in [0.15, 0.2) is 48.7 Å². The van der Waals surface area contributed by atoms with Gasteiger partial charge in [-0.3, -0.25) is 0 Å². The molecule has 0 fully saturated rings. The number of halogens is 3. The first-order valence-corrected chi connectivity index (χ1v) is 10.5. The second-order valence-corrected chi connectivity index (χ2v) is 8.33. The fourth-order valence-corrected chi connectivity index (χ4v) is 4.94. The van der Waals surface area contributed by atoms with Gasteiger partial charge in [0.2, 0.25) is 5.88 Å². The normalized spacial score (nSPS) is 20.4. The minimum absolute atomic E-state index is 0.312. The second-order valence-electron chi connectivity index (χ2n) is 8.33. The molecule has 4 heterocycles. The van der Waals surface area contributed by atoms with Crippen molar-refractivity contribution in [1.82, 2.24) is 4.98 Å².